The summed E-state index contributed by atoms with van der Waals surface area (Å²) in [6.45, 7) is 5.18. The van der Waals surface area contributed by atoms with Gasteiger partial charge in [-0.3, -0.25) is 14.9 Å². The summed E-state index contributed by atoms with van der Waals surface area (Å²) in [5.41, 5.74) is 2.08. The molecule has 0 radical (unpaired) electrons. The van der Waals surface area contributed by atoms with E-state index in [0.717, 1.165) is 29.3 Å². The summed E-state index contributed by atoms with van der Waals surface area (Å²) in [6.07, 6.45) is -1.04. The van der Waals surface area contributed by atoms with E-state index in [0.29, 0.717) is 5.69 Å². The van der Waals surface area contributed by atoms with Crippen LogP contribution < -0.4 is 10.1 Å². The summed E-state index contributed by atoms with van der Waals surface area (Å²) < 4.78 is 18.6. The van der Waals surface area contributed by atoms with Crippen LogP contribution in [0.2, 0.25) is 0 Å². The fourth-order valence-corrected chi connectivity index (χ4v) is 2.08. The Bertz CT molecular complexity index is 792. The van der Waals surface area contributed by atoms with Gasteiger partial charge in [0.15, 0.2) is 6.10 Å². The van der Waals surface area contributed by atoms with Gasteiger partial charge in [0.25, 0.3) is 5.91 Å². The number of nitro benzene ring substituents is 1. The third-order valence-corrected chi connectivity index (χ3v) is 3.44. The van der Waals surface area contributed by atoms with Crippen molar-refractivity contribution in [1.29, 1.82) is 0 Å². The molecule has 0 fully saturated rings. The van der Waals surface area contributed by atoms with Crippen LogP contribution in [0.15, 0.2) is 36.4 Å². The molecule has 6 nitrogen and oxygen atoms in total. The Morgan fingerprint density at radius 1 is 1.25 bits per heavy atom. The van der Waals surface area contributed by atoms with Gasteiger partial charge in [-0.05, 0) is 44.0 Å². The molecule has 0 bridgehead atoms. The smallest absolute Gasteiger partial charge is 0.311 e. The molecule has 7 heteroatoms. The van der Waals surface area contributed by atoms with E-state index in [-0.39, 0.29) is 5.75 Å². The third-order valence-electron chi connectivity index (χ3n) is 3.44. The average Bonchev–Trinajstić information content (AvgIpc) is 2.50. The molecule has 0 aromatic heterocycles. The highest BCUT2D eigenvalue weighted by Crippen LogP contribution is 2.28. The number of hydrogen-bond acceptors (Lipinski definition) is 4. The maximum atomic E-state index is 13.3. The van der Waals surface area contributed by atoms with Crippen molar-refractivity contribution in [1.82, 2.24) is 0 Å². The molecular formula is C17H17FN2O4. The molecule has 0 spiro atoms. The van der Waals surface area contributed by atoms with E-state index in [1.807, 2.05) is 32.0 Å². The minimum Gasteiger partial charge on any atom is -0.474 e. The topological polar surface area (TPSA) is 81.5 Å². The number of hydrogen-bond donors (Lipinski definition) is 1. The predicted molar refractivity (Wildman–Crippen MR) is 87.7 cm³/mol. The lowest BCUT2D eigenvalue weighted by Gasteiger charge is -2.16. The first-order valence-corrected chi connectivity index (χ1v) is 7.26. The highest BCUT2D eigenvalue weighted by Gasteiger charge is 2.22. The Hall–Kier alpha value is -2.96. The molecular weight excluding hydrogens is 315 g/mol. The number of benzene rings is 2. The van der Waals surface area contributed by atoms with Gasteiger partial charge in [-0.1, -0.05) is 12.1 Å². The number of carbonyl (C=O) groups excluding carboxylic acids is 1. The van der Waals surface area contributed by atoms with Crippen LogP contribution in [0, 0.1) is 29.8 Å². The molecule has 1 N–H and O–H groups in total. The molecule has 126 valence electrons. The molecule has 2 aromatic carbocycles. The fraction of sp³-hybridized carbons (Fsp3) is 0.235. The molecule has 0 heterocycles. The number of carbonyl (C=O) groups is 1. The molecule has 1 amide bonds. The first-order chi connectivity index (χ1) is 11.3. The summed E-state index contributed by atoms with van der Waals surface area (Å²) in [6, 6.07) is 8.45. The number of aryl methyl sites for hydroxylation is 2. The maximum absolute atomic E-state index is 13.3. The number of ether oxygens (including phenoxy) is 1. The zero-order valence-electron chi connectivity index (χ0n) is 13.5. The molecule has 0 saturated carbocycles. The number of anilines is 1. The molecule has 0 aliphatic heterocycles. The molecule has 1 unspecified atom stereocenters. The maximum Gasteiger partial charge on any atom is 0.311 e. The highest BCUT2D eigenvalue weighted by molar-refractivity contribution is 5.94. The van der Waals surface area contributed by atoms with Crippen LogP contribution in [-0.2, 0) is 4.79 Å². The van der Waals surface area contributed by atoms with Gasteiger partial charge in [0.2, 0.25) is 5.75 Å². The molecule has 0 aliphatic carbocycles. The quantitative estimate of drug-likeness (QED) is 0.668. The summed E-state index contributed by atoms with van der Waals surface area (Å²) in [4.78, 5) is 22.5. The monoisotopic (exact) mass is 332 g/mol. The predicted octanol–water partition coefficient (Wildman–Crippen LogP) is 3.76. The summed E-state index contributed by atoms with van der Waals surface area (Å²) >= 11 is 0. The van der Waals surface area contributed by atoms with Gasteiger partial charge < -0.3 is 10.1 Å². The lowest BCUT2D eigenvalue weighted by atomic mass is 10.1. The number of nitrogens with one attached hydrogen (secondary N) is 1. The normalized spacial score (nSPS) is 11.7. The Morgan fingerprint density at radius 2 is 1.96 bits per heavy atom. The van der Waals surface area contributed by atoms with Crippen molar-refractivity contribution in [2.75, 3.05) is 5.32 Å². The van der Waals surface area contributed by atoms with Gasteiger partial charge in [-0.25, -0.2) is 4.39 Å². The van der Waals surface area contributed by atoms with Crippen LogP contribution in [0.1, 0.15) is 18.1 Å². The van der Waals surface area contributed by atoms with E-state index < -0.39 is 28.4 Å². The third kappa shape index (κ3) is 4.07. The van der Waals surface area contributed by atoms with Gasteiger partial charge >= 0.3 is 5.69 Å². The van der Waals surface area contributed by atoms with Crippen LogP contribution in [0.3, 0.4) is 0 Å². The lowest BCUT2D eigenvalue weighted by molar-refractivity contribution is -0.386. The second kappa shape index (κ2) is 7.08. The van der Waals surface area contributed by atoms with Crippen molar-refractivity contribution < 1.29 is 18.8 Å². The first-order valence-electron chi connectivity index (χ1n) is 7.26. The van der Waals surface area contributed by atoms with Gasteiger partial charge in [0, 0.05) is 17.8 Å². The van der Waals surface area contributed by atoms with Gasteiger partial charge in [-0.15, -0.1) is 0 Å². The number of rotatable bonds is 5. The van der Waals surface area contributed by atoms with E-state index in [9.17, 15) is 19.3 Å². The Labute approximate surface area is 138 Å². The summed E-state index contributed by atoms with van der Waals surface area (Å²) in [5.74, 6) is -1.45. The van der Waals surface area contributed by atoms with Gasteiger partial charge in [0.1, 0.15) is 5.82 Å². The first kappa shape index (κ1) is 17.4. The number of nitrogens with zero attached hydrogens (tertiary/aromatic N) is 1. The molecule has 0 saturated heterocycles. The number of halogens is 1. The zero-order valence-corrected chi connectivity index (χ0v) is 13.5. The van der Waals surface area contributed by atoms with Crippen molar-refractivity contribution in [3.05, 3.63) is 63.5 Å². The van der Waals surface area contributed by atoms with Crippen LogP contribution in [0.25, 0.3) is 0 Å². The van der Waals surface area contributed by atoms with Crippen LogP contribution in [-0.4, -0.2) is 16.9 Å². The largest absolute Gasteiger partial charge is 0.474 e. The summed E-state index contributed by atoms with van der Waals surface area (Å²) in [7, 11) is 0. The van der Waals surface area contributed by atoms with E-state index in [4.69, 9.17) is 4.74 Å². The van der Waals surface area contributed by atoms with E-state index in [1.165, 1.54) is 6.92 Å². The number of amides is 1. The van der Waals surface area contributed by atoms with Crippen molar-refractivity contribution in [3.63, 3.8) is 0 Å². The van der Waals surface area contributed by atoms with E-state index in [2.05, 4.69) is 5.32 Å². The Morgan fingerprint density at radius 3 is 2.62 bits per heavy atom. The van der Waals surface area contributed by atoms with Gasteiger partial charge in [0.05, 0.1) is 4.92 Å². The molecule has 1 atom stereocenters. The minimum absolute atomic E-state index is 0.288. The molecule has 2 rings (SSSR count). The van der Waals surface area contributed by atoms with Crippen molar-refractivity contribution >= 4 is 17.3 Å². The fourth-order valence-electron chi connectivity index (χ4n) is 2.08. The highest BCUT2D eigenvalue weighted by atomic mass is 19.1. The van der Waals surface area contributed by atoms with E-state index >= 15 is 0 Å². The second-order valence-corrected chi connectivity index (χ2v) is 5.44. The average molecular weight is 332 g/mol. The van der Waals surface area contributed by atoms with Gasteiger partial charge in [-0.2, -0.15) is 0 Å². The Balaban J connectivity index is 2.16. The van der Waals surface area contributed by atoms with Crippen molar-refractivity contribution in [3.8, 4) is 5.75 Å². The van der Waals surface area contributed by atoms with Crippen LogP contribution in [0.5, 0.6) is 5.75 Å². The second-order valence-electron chi connectivity index (χ2n) is 5.44. The number of nitro groups is 1. The zero-order chi connectivity index (χ0) is 17.9. The lowest BCUT2D eigenvalue weighted by Crippen LogP contribution is -2.30. The SMILES string of the molecule is Cc1ccc(C)c(NC(=O)C(C)Oc2cc(F)ccc2[N+](=O)[O-])c1. The standard InChI is InChI=1S/C17H17FN2O4/c1-10-4-5-11(2)14(8-10)19-17(21)12(3)24-16-9-13(18)6-7-15(16)20(22)23/h4-9,12H,1-3H3,(H,19,21). The molecule has 24 heavy (non-hydrogen) atoms. The van der Waals surface area contributed by atoms with Crippen molar-refractivity contribution in [2.24, 2.45) is 0 Å². The summed E-state index contributed by atoms with van der Waals surface area (Å²) in [5, 5.41) is 13.7. The Kier molecular flexibility index (Phi) is 5.13. The molecule has 2 aromatic rings. The van der Waals surface area contributed by atoms with Crippen LogP contribution >= 0.6 is 0 Å². The molecule has 0 aliphatic rings. The van der Waals surface area contributed by atoms with E-state index in [1.54, 1.807) is 0 Å². The van der Waals surface area contributed by atoms with Crippen molar-refractivity contribution in [2.45, 2.75) is 26.9 Å². The van der Waals surface area contributed by atoms with Crippen LogP contribution in [0.4, 0.5) is 15.8 Å². The minimum atomic E-state index is -1.04.